The standard InChI is InChI=1S/C28H27BF3N3O5/c30-28(31,32)22-13-7-12-21(15-22)25(36)33-18-23-17-27(40-35-23,16-20-10-5-2-6-11-20)26(37)34-24(29(38)39)14-19-8-3-1-4-9-19/h1-13,15,24,38-39H,14,16-18H2,(H,33,36)(H,34,37). The van der Waals surface area contributed by atoms with Crippen molar-refractivity contribution >= 4 is 24.6 Å². The Morgan fingerprint density at radius 1 is 0.975 bits per heavy atom. The normalized spacial score (nSPS) is 17.4. The van der Waals surface area contributed by atoms with Gasteiger partial charge in [0.25, 0.3) is 11.8 Å². The van der Waals surface area contributed by atoms with Crippen LogP contribution in [0.25, 0.3) is 0 Å². The summed E-state index contributed by atoms with van der Waals surface area (Å²) in [5.41, 5.74) is -0.859. The van der Waals surface area contributed by atoms with Gasteiger partial charge >= 0.3 is 13.3 Å². The highest BCUT2D eigenvalue weighted by molar-refractivity contribution is 6.43. The second-order valence-electron chi connectivity index (χ2n) is 9.53. The Morgan fingerprint density at radius 2 is 1.62 bits per heavy atom. The molecule has 0 aromatic heterocycles. The van der Waals surface area contributed by atoms with Crippen LogP contribution in [-0.2, 0) is 28.7 Å². The summed E-state index contributed by atoms with van der Waals surface area (Å²) in [6.07, 6.45) is -4.40. The first-order valence-electron chi connectivity index (χ1n) is 12.5. The molecule has 3 aromatic rings. The van der Waals surface area contributed by atoms with Crippen LogP contribution in [0.2, 0.25) is 0 Å². The van der Waals surface area contributed by atoms with Crippen LogP contribution in [0.4, 0.5) is 13.2 Å². The van der Waals surface area contributed by atoms with Crippen molar-refractivity contribution in [2.75, 3.05) is 6.54 Å². The van der Waals surface area contributed by atoms with Gasteiger partial charge in [0.2, 0.25) is 5.60 Å². The summed E-state index contributed by atoms with van der Waals surface area (Å²) in [5, 5.41) is 29.1. The third-order valence-corrected chi connectivity index (χ3v) is 6.47. The number of carbonyl (C=O) groups is 2. The molecule has 4 rings (SSSR count). The molecule has 3 aromatic carbocycles. The van der Waals surface area contributed by atoms with Gasteiger partial charge in [-0.05, 0) is 35.7 Å². The molecule has 8 nitrogen and oxygen atoms in total. The summed E-state index contributed by atoms with van der Waals surface area (Å²) < 4.78 is 39.1. The van der Waals surface area contributed by atoms with Crippen LogP contribution >= 0.6 is 0 Å². The summed E-state index contributed by atoms with van der Waals surface area (Å²) in [6, 6.07) is 22.0. The molecule has 1 aliphatic rings. The molecular weight excluding hydrogens is 526 g/mol. The van der Waals surface area contributed by atoms with E-state index in [1.165, 1.54) is 6.07 Å². The molecule has 0 saturated heterocycles. The zero-order valence-corrected chi connectivity index (χ0v) is 21.3. The molecule has 0 radical (unpaired) electrons. The lowest BCUT2D eigenvalue weighted by Gasteiger charge is -2.28. The minimum atomic E-state index is -4.59. The van der Waals surface area contributed by atoms with E-state index < -0.39 is 42.2 Å². The molecule has 2 unspecified atom stereocenters. The highest BCUT2D eigenvalue weighted by Crippen LogP contribution is 2.30. The molecule has 2 amide bonds. The molecule has 0 fully saturated rings. The van der Waals surface area contributed by atoms with E-state index in [-0.39, 0.29) is 37.1 Å². The molecule has 0 bridgehead atoms. The molecule has 2 atom stereocenters. The Bertz CT molecular complexity index is 1360. The van der Waals surface area contributed by atoms with Crippen LogP contribution in [-0.4, -0.2) is 52.8 Å². The van der Waals surface area contributed by atoms with E-state index in [0.29, 0.717) is 0 Å². The number of benzene rings is 3. The van der Waals surface area contributed by atoms with Crippen LogP contribution in [0, 0.1) is 0 Å². The summed E-state index contributed by atoms with van der Waals surface area (Å²) in [4.78, 5) is 31.8. The van der Waals surface area contributed by atoms with Crippen molar-refractivity contribution in [3.63, 3.8) is 0 Å². The van der Waals surface area contributed by atoms with Crippen LogP contribution in [0.3, 0.4) is 0 Å². The minimum absolute atomic E-state index is 0.0455. The largest absolute Gasteiger partial charge is 0.475 e. The number of hydrogen-bond acceptors (Lipinski definition) is 6. The summed E-state index contributed by atoms with van der Waals surface area (Å²) in [7, 11) is -1.86. The van der Waals surface area contributed by atoms with Gasteiger partial charge in [-0.1, -0.05) is 71.9 Å². The number of carbonyl (C=O) groups excluding carboxylic acids is 2. The molecule has 0 saturated carbocycles. The number of amides is 2. The number of nitrogens with one attached hydrogen (secondary N) is 2. The van der Waals surface area contributed by atoms with E-state index in [0.717, 1.165) is 29.3 Å². The Labute approximate surface area is 229 Å². The first-order valence-corrected chi connectivity index (χ1v) is 12.5. The van der Waals surface area contributed by atoms with Gasteiger partial charge in [0.1, 0.15) is 0 Å². The third-order valence-electron chi connectivity index (χ3n) is 6.47. The highest BCUT2D eigenvalue weighted by Gasteiger charge is 2.48. The fraction of sp³-hybridized carbons (Fsp3) is 0.250. The zero-order chi connectivity index (χ0) is 28.8. The third kappa shape index (κ3) is 7.27. The van der Waals surface area contributed by atoms with Crippen molar-refractivity contribution in [1.29, 1.82) is 0 Å². The van der Waals surface area contributed by atoms with Gasteiger partial charge in [-0.3, -0.25) is 9.59 Å². The van der Waals surface area contributed by atoms with Crippen molar-refractivity contribution in [1.82, 2.24) is 10.6 Å². The lowest BCUT2D eigenvalue weighted by molar-refractivity contribution is -0.144. The minimum Gasteiger partial charge on any atom is -0.426 e. The van der Waals surface area contributed by atoms with E-state index >= 15 is 0 Å². The van der Waals surface area contributed by atoms with Crippen LogP contribution in [0.15, 0.2) is 90.1 Å². The molecule has 4 N–H and O–H groups in total. The van der Waals surface area contributed by atoms with Crippen molar-refractivity contribution < 1.29 is 37.6 Å². The number of rotatable bonds is 10. The van der Waals surface area contributed by atoms with E-state index in [2.05, 4.69) is 15.8 Å². The second-order valence-corrected chi connectivity index (χ2v) is 9.53. The Morgan fingerprint density at radius 3 is 2.25 bits per heavy atom. The maximum Gasteiger partial charge on any atom is 0.475 e. The lowest BCUT2D eigenvalue weighted by Crippen LogP contribution is -2.56. The van der Waals surface area contributed by atoms with E-state index in [1.54, 1.807) is 48.5 Å². The van der Waals surface area contributed by atoms with Crippen molar-refractivity contribution in [2.45, 2.75) is 37.0 Å². The average molecular weight is 553 g/mol. The molecule has 12 heteroatoms. The molecule has 40 heavy (non-hydrogen) atoms. The summed E-state index contributed by atoms with van der Waals surface area (Å²) >= 11 is 0. The lowest BCUT2D eigenvalue weighted by atomic mass is 9.75. The molecule has 1 heterocycles. The van der Waals surface area contributed by atoms with Crippen molar-refractivity contribution in [3.05, 3.63) is 107 Å². The van der Waals surface area contributed by atoms with E-state index in [1.807, 2.05) is 12.1 Å². The summed E-state index contributed by atoms with van der Waals surface area (Å²) in [5.74, 6) is -2.42. The molecule has 0 aliphatic carbocycles. The fourth-order valence-corrected chi connectivity index (χ4v) is 4.38. The van der Waals surface area contributed by atoms with Gasteiger partial charge < -0.3 is 25.5 Å². The van der Waals surface area contributed by atoms with Gasteiger partial charge in [0, 0.05) is 18.4 Å². The highest BCUT2D eigenvalue weighted by atomic mass is 19.4. The van der Waals surface area contributed by atoms with Gasteiger partial charge in [-0.25, -0.2) is 0 Å². The predicted molar refractivity (Wildman–Crippen MR) is 142 cm³/mol. The number of halogens is 3. The van der Waals surface area contributed by atoms with E-state index in [4.69, 9.17) is 4.84 Å². The first kappa shape index (κ1) is 28.8. The molecule has 0 spiro atoms. The maximum atomic E-state index is 13.6. The Hall–Kier alpha value is -4.16. The molecular formula is C28H27BF3N3O5. The first-order chi connectivity index (χ1) is 19.1. The summed E-state index contributed by atoms with van der Waals surface area (Å²) in [6.45, 7) is -0.172. The SMILES string of the molecule is O=C(NCC1=NOC(Cc2ccccc2)(C(=O)NC(Cc2ccccc2)B(O)O)C1)c1cccc(C(F)(F)F)c1. The number of nitrogens with zero attached hydrogens (tertiary/aromatic N) is 1. The Balaban J connectivity index is 1.47. The monoisotopic (exact) mass is 553 g/mol. The topological polar surface area (TPSA) is 120 Å². The quantitative estimate of drug-likeness (QED) is 0.288. The van der Waals surface area contributed by atoms with Crippen molar-refractivity contribution in [2.24, 2.45) is 5.16 Å². The zero-order valence-electron chi connectivity index (χ0n) is 21.3. The smallest absolute Gasteiger partial charge is 0.426 e. The average Bonchev–Trinajstić information content (AvgIpc) is 3.36. The number of oxime groups is 1. The number of hydrogen-bond donors (Lipinski definition) is 4. The van der Waals surface area contributed by atoms with Gasteiger partial charge in [-0.2, -0.15) is 13.2 Å². The molecule has 1 aliphatic heterocycles. The van der Waals surface area contributed by atoms with Crippen LogP contribution in [0.1, 0.15) is 33.5 Å². The van der Waals surface area contributed by atoms with Crippen LogP contribution < -0.4 is 10.6 Å². The van der Waals surface area contributed by atoms with Gasteiger partial charge in [0.15, 0.2) is 0 Å². The fourth-order valence-electron chi connectivity index (χ4n) is 4.38. The predicted octanol–water partition coefficient (Wildman–Crippen LogP) is 2.93. The van der Waals surface area contributed by atoms with Gasteiger partial charge in [0.05, 0.1) is 23.8 Å². The van der Waals surface area contributed by atoms with Crippen LogP contribution in [0.5, 0.6) is 0 Å². The maximum absolute atomic E-state index is 13.6. The van der Waals surface area contributed by atoms with E-state index in [9.17, 15) is 32.8 Å². The molecule has 208 valence electrons. The van der Waals surface area contributed by atoms with Crippen molar-refractivity contribution in [3.8, 4) is 0 Å². The Kier molecular flexibility index (Phi) is 8.91. The van der Waals surface area contributed by atoms with Gasteiger partial charge in [-0.15, -0.1) is 0 Å². The second kappa shape index (κ2) is 12.4. The number of alkyl halides is 3.